The average molecular weight is 311 g/mol. The summed E-state index contributed by atoms with van der Waals surface area (Å²) in [6.07, 6.45) is 0.714. The lowest BCUT2D eigenvalue weighted by Gasteiger charge is -2.32. The number of thiophene rings is 1. The van der Waals surface area contributed by atoms with E-state index in [1.165, 1.54) is 27.4 Å². The molecule has 1 aliphatic heterocycles. The summed E-state index contributed by atoms with van der Waals surface area (Å²) in [6.45, 7) is 2.31. The van der Waals surface area contributed by atoms with Crippen LogP contribution in [-0.2, 0) is 16.4 Å². The fraction of sp³-hybridized carbons (Fsp3) is 0.286. The van der Waals surface area contributed by atoms with Crippen molar-refractivity contribution in [3.63, 3.8) is 0 Å². The van der Waals surface area contributed by atoms with Gasteiger partial charge in [-0.1, -0.05) is 6.07 Å². The lowest BCUT2D eigenvalue weighted by Crippen LogP contribution is -2.38. The molecule has 0 saturated heterocycles. The zero-order chi connectivity index (χ0) is 14.3. The molecule has 0 spiro atoms. The first-order valence-electron chi connectivity index (χ1n) is 6.34. The largest absolute Gasteiger partial charge is 0.243 e. The predicted octanol–water partition coefficient (Wildman–Crippen LogP) is 3.20. The van der Waals surface area contributed by atoms with Gasteiger partial charge in [0.25, 0.3) is 0 Å². The fourth-order valence-corrected chi connectivity index (χ4v) is 5.18. The van der Waals surface area contributed by atoms with E-state index in [4.69, 9.17) is 0 Å². The molecule has 0 N–H and O–H groups in total. The smallest absolute Gasteiger partial charge is 0.207 e. The van der Waals surface area contributed by atoms with Crippen LogP contribution >= 0.6 is 11.3 Å². The van der Waals surface area contributed by atoms with Gasteiger partial charge in [0.15, 0.2) is 0 Å². The van der Waals surface area contributed by atoms with Crippen molar-refractivity contribution in [2.75, 3.05) is 6.54 Å². The zero-order valence-electron chi connectivity index (χ0n) is 10.9. The number of nitrogens with zero attached hydrogens (tertiary/aromatic N) is 1. The van der Waals surface area contributed by atoms with Crippen LogP contribution in [0.1, 0.15) is 23.4 Å². The van der Waals surface area contributed by atoms with E-state index in [9.17, 15) is 12.8 Å². The highest BCUT2D eigenvalue weighted by atomic mass is 32.2. The van der Waals surface area contributed by atoms with Gasteiger partial charge in [0.2, 0.25) is 10.0 Å². The number of hydrogen-bond donors (Lipinski definition) is 0. The number of hydrogen-bond acceptors (Lipinski definition) is 3. The Balaban J connectivity index is 2.01. The number of benzene rings is 1. The van der Waals surface area contributed by atoms with Gasteiger partial charge in [-0.2, -0.15) is 4.31 Å². The second-order valence-electron chi connectivity index (χ2n) is 4.80. The molecule has 0 aliphatic carbocycles. The van der Waals surface area contributed by atoms with Gasteiger partial charge < -0.3 is 0 Å². The average Bonchev–Trinajstić information content (AvgIpc) is 2.88. The van der Waals surface area contributed by atoms with Gasteiger partial charge in [-0.25, -0.2) is 12.8 Å². The summed E-state index contributed by atoms with van der Waals surface area (Å²) in [7, 11) is -3.66. The van der Waals surface area contributed by atoms with Gasteiger partial charge in [0, 0.05) is 17.5 Å². The molecule has 0 fully saturated rings. The third-order valence-corrected chi connectivity index (χ3v) is 6.59. The van der Waals surface area contributed by atoms with Crippen molar-refractivity contribution in [3.05, 3.63) is 52.0 Å². The fourth-order valence-electron chi connectivity index (χ4n) is 2.58. The second kappa shape index (κ2) is 4.95. The number of rotatable bonds is 2. The molecule has 1 unspecified atom stereocenters. The highest BCUT2D eigenvalue weighted by Gasteiger charge is 2.34. The van der Waals surface area contributed by atoms with E-state index in [1.807, 2.05) is 18.4 Å². The maximum Gasteiger partial charge on any atom is 0.243 e. The maximum atomic E-state index is 13.3. The highest BCUT2D eigenvalue weighted by molar-refractivity contribution is 7.89. The quantitative estimate of drug-likeness (QED) is 0.854. The van der Waals surface area contributed by atoms with E-state index < -0.39 is 15.8 Å². The molecular formula is C14H14FNO2S2. The molecule has 0 bridgehead atoms. The van der Waals surface area contributed by atoms with E-state index in [2.05, 4.69) is 0 Å². The maximum absolute atomic E-state index is 13.3. The van der Waals surface area contributed by atoms with Gasteiger partial charge in [-0.05, 0) is 48.6 Å². The summed E-state index contributed by atoms with van der Waals surface area (Å²) >= 11 is 1.66. The standard InChI is InChI=1S/C14H14FNO2S2/c1-10-13-6-8-19-14(13)5-7-16(10)20(17,18)12-4-2-3-11(15)9-12/h2-4,6,8-10H,5,7H2,1H3. The normalized spacial score (nSPS) is 19.8. The summed E-state index contributed by atoms with van der Waals surface area (Å²) in [6, 6.07) is 6.94. The lowest BCUT2D eigenvalue weighted by molar-refractivity contribution is 0.329. The van der Waals surface area contributed by atoms with Gasteiger partial charge >= 0.3 is 0 Å². The number of fused-ring (bicyclic) bond motifs is 1. The van der Waals surface area contributed by atoms with E-state index in [0.717, 1.165) is 11.6 Å². The van der Waals surface area contributed by atoms with Crippen LogP contribution in [0.15, 0.2) is 40.6 Å². The molecule has 0 radical (unpaired) electrons. The third kappa shape index (κ3) is 2.17. The van der Waals surface area contributed by atoms with Crippen LogP contribution in [0.25, 0.3) is 0 Å². The van der Waals surface area contributed by atoms with Crippen molar-refractivity contribution in [2.45, 2.75) is 24.3 Å². The van der Waals surface area contributed by atoms with E-state index in [-0.39, 0.29) is 10.9 Å². The molecule has 0 saturated carbocycles. The Bertz CT molecular complexity index is 739. The van der Waals surface area contributed by atoms with Crippen molar-refractivity contribution in [3.8, 4) is 0 Å². The molecule has 3 nitrogen and oxygen atoms in total. The van der Waals surface area contributed by atoms with Crippen molar-refractivity contribution < 1.29 is 12.8 Å². The van der Waals surface area contributed by atoms with Gasteiger partial charge in [-0.3, -0.25) is 0 Å². The highest BCUT2D eigenvalue weighted by Crippen LogP contribution is 2.36. The van der Waals surface area contributed by atoms with Crippen molar-refractivity contribution in [1.29, 1.82) is 0 Å². The third-order valence-electron chi connectivity index (χ3n) is 3.62. The minimum Gasteiger partial charge on any atom is -0.207 e. The summed E-state index contributed by atoms with van der Waals surface area (Å²) in [4.78, 5) is 1.26. The summed E-state index contributed by atoms with van der Waals surface area (Å²) < 4.78 is 40.0. The van der Waals surface area contributed by atoms with Crippen LogP contribution in [-0.4, -0.2) is 19.3 Å². The zero-order valence-corrected chi connectivity index (χ0v) is 12.5. The van der Waals surface area contributed by atoms with Crippen LogP contribution in [0.5, 0.6) is 0 Å². The molecule has 6 heteroatoms. The first-order chi connectivity index (χ1) is 9.50. The Kier molecular flexibility index (Phi) is 3.40. The van der Waals surface area contributed by atoms with E-state index in [0.29, 0.717) is 13.0 Å². The summed E-state index contributed by atoms with van der Waals surface area (Å²) in [5, 5.41) is 1.99. The van der Waals surface area contributed by atoms with Gasteiger partial charge in [0.05, 0.1) is 4.90 Å². The molecule has 0 amide bonds. The van der Waals surface area contributed by atoms with E-state index >= 15 is 0 Å². The minimum absolute atomic E-state index is 0.0167. The van der Waals surface area contributed by atoms with Crippen LogP contribution < -0.4 is 0 Å². The number of halogens is 1. The predicted molar refractivity (Wildman–Crippen MR) is 76.7 cm³/mol. The first kappa shape index (κ1) is 13.7. The molecule has 1 aliphatic rings. The first-order valence-corrected chi connectivity index (χ1v) is 8.66. The summed E-state index contributed by atoms with van der Waals surface area (Å²) in [5.41, 5.74) is 1.06. The topological polar surface area (TPSA) is 37.4 Å². The van der Waals surface area contributed by atoms with E-state index in [1.54, 1.807) is 11.3 Å². The van der Waals surface area contributed by atoms with Crippen molar-refractivity contribution in [2.24, 2.45) is 0 Å². The summed E-state index contributed by atoms with van der Waals surface area (Å²) in [5.74, 6) is -0.535. The molecule has 1 aromatic carbocycles. The van der Waals surface area contributed by atoms with Crippen molar-refractivity contribution in [1.82, 2.24) is 4.31 Å². The molecule has 3 rings (SSSR count). The monoisotopic (exact) mass is 311 g/mol. The Labute approximate surface area is 121 Å². The van der Waals surface area contributed by atoms with Gasteiger partial charge in [0.1, 0.15) is 5.82 Å². The SMILES string of the molecule is CC1c2ccsc2CCN1S(=O)(=O)c1cccc(F)c1. The Hall–Kier alpha value is -1.24. The molecular weight excluding hydrogens is 297 g/mol. The van der Waals surface area contributed by atoms with Crippen LogP contribution in [0, 0.1) is 5.82 Å². The molecule has 2 aromatic rings. The second-order valence-corrected chi connectivity index (χ2v) is 7.69. The molecule has 106 valence electrons. The molecule has 1 aromatic heterocycles. The van der Waals surface area contributed by atoms with Crippen LogP contribution in [0.3, 0.4) is 0 Å². The minimum atomic E-state index is -3.66. The Morgan fingerprint density at radius 3 is 2.90 bits per heavy atom. The lowest BCUT2D eigenvalue weighted by atomic mass is 10.0. The Morgan fingerprint density at radius 2 is 2.15 bits per heavy atom. The molecule has 20 heavy (non-hydrogen) atoms. The van der Waals surface area contributed by atoms with Crippen LogP contribution in [0.4, 0.5) is 4.39 Å². The van der Waals surface area contributed by atoms with Crippen molar-refractivity contribution >= 4 is 21.4 Å². The molecule has 2 heterocycles. The van der Waals surface area contributed by atoms with Crippen LogP contribution in [0.2, 0.25) is 0 Å². The Morgan fingerprint density at radius 1 is 1.35 bits per heavy atom. The number of sulfonamides is 1. The molecule has 1 atom stereocenters. The van der Waals surface area contributed by atoms with Gasteiger partial charge in [-0.15, -0.1) is 11.3 Å².